The summed E-state index contributed by atoms with van der Waals surface area (Å²) in [5.74, 6) is -0.0294. The van der Waals surface area contributed by atoms with Crippen LogP contribution < -0.4 is 10.1 Å². The molecule has 136 valence electrons. The summed E-state index contributed by atoms with van der Waals surface area (Å²) >= 11 is 0. The molecule has 2 aromatic carbocycles. The maximum absolute atomic E-state index is 12.4. The molecule has 0 saturated heterocycles. The molecule has 2 N–H and O–H groups in total. The normalized spacial score (nSPS) is 11.0. The van der Waals surface area contributed by atoms with Crippen molar-refractivity contribution >= 4 is 16.8 Å². The number of aromatic nitrogens is 1. The quantitative estimate of drug-likeness (QED) is 0.627. The molecule has 0 radical (unpaired) electrons. The second kappa shape index (κ2) is 8.47. The number of rotatable bonds is 8. The van der Waals surface area contributed by atoms with Crippen LogP contribution in [0.15, 0.2) is 54.7 Å². The molecule has 1 heterocycles. The van der Waals surface area contributed by atoms with Gasteiger partial charge in [0, 0.05) is 35.6 Å². The largest absolute Gasteiger partial charge is 0.434 e. The fourth-order valence-corrected chi connectivity index (χ4v) is 2.92. The molecule has 6 heteroatoms. The van der Waals surface area contributed by atoms with Gasteiger partial charge in [-0.1, -0.05) is 36.4 Å². The lowest BCUT2D eigenvalue weighted by atomic mass is 10.1. The van der Waals surface area contributed by atoms with Crippen molar-refractivity contribution in [3.63, 3.8) is 0 Å². The summed E-state index contributed by atoms with van der Waals surface area (Å²) in [7, 11) is 0. The Labute approximate surface area is 150 Å². The zero-order valence-corrected chi connectivity index (χ0v) is 14.2. The van der Waals surface area contributed by atoms with E-state index < -0.39 is 6.61 Å². The summed E-state index contributed by atoms with van der Waals surface area (Å²) in [6.45, 7) is -2.72. The molecule has 0 aliphatic heterocycles. The van der Waals surface area contributed by atoms with Crippen molar-refractivity contribution in [3.8, 4) is 5.75 Å². The third-order valence-electron chi connectivity index (χ3n) is 4.19. The van der Waals surface area contributed by atoms with Gasteiger partial charge in [-0.15, -0.1) is 0 Å². The van der Waals surface area contributed by atoms with Crippen LogP contribution in [0.25, 0.3) is 10.9 Å². The van der Waals surface area contributed by atoms with Crippen molar-refractivity contribution < 1.29 is 18.3 Å². The summed E-state index contributed by atoms with van der Waals surface area (Å²) in [5.41, 5.74) is 2.80. The number of benzene rings is 2. The van der Waals surface area contributed by atoms with Crippen molar-refractivity contribution in [2.24, 2.45) is 0 Å². The fourth-order valence-electron chi connectivity index (χ4n) is 2.92. The van der Waals surface area contributed by atoms with Crippen LogP contribution in [0, 0.1) is 0 Å². The molecule has 1 aromatic heterocycles. The van der Waals surface area contributed by atoms with Gasteiger partial charge in [0.1, 0.15) is 5.75 Å². The summed E-state index contributed by atoms with van der Waals surface area (Å²) in [6.07, 6.45) is 3.85. The van der Waals surface area contributed by atoms with E-state index in [9.17, 15) is 13.6 Å². The Balaban J connectivity index is 1.48. The Hall–Kier alpha value is -2.89. The van der Waals surface area contributed by atoms with Crippen molar-refractivity contribution in [1.82, 2.24) is 10.3 Å². The monoisotopic (exact) mass is 358 g/mol. The Morgan fingerprint density at radius 1 is 1.08 bits per heavy atom. The third-order valence-corrected chi connectivity index (χ3v) is 4.19. The second-order valence-corrected chi connectivity index (χ2v) is 5.98. The number of alkyl halides is 2. The first-order valence-electron chi connectivity index (χ1n) is 8.48. The Kier molecular flexibility index (Phi) is 5.84. The highest BCUT2D eigenvalue weighted by Gasteiger charge is 2.10. The lowest BCUT2D eigenvalue weighted by Gasteiger charge is -2.11. The van der Waals surface area contributed by atoms with Crippen LogP contribution in [-0.4, -0.2) is 17.5 Å². The van der Waals surface area contributed by atoms with Crippen molar-refractivity contribution in [1.29, 1.82) is 0 Å². The number of nitrogens with one attached hydrogen (secondary N) is 2. The van der Waals surface area contributed by atoms with Gasteiger partial charge in [0.05, 0.1) is 0 Å². The summed E-state index contributed by atoms with van der Waals surface area (Å²) in [5, 5.41) is 3.93. The van der Waals surface area contributed by atoms with E-state index in [4.69, 9.17) is 0 Å². The SMILES string of the molecule is O=C(CCCc1c[nH]c2ccccc12)NCc1ccccc1OC(F)F. The second-order valence-electron chi connectivity index (χ2n) is 5.98. The van der Waals surface area contributed by atoms with Crippen LogP contribution in [0.5, 0.6) is 5.75 Å². The van der Waals surface area contributed by atoms with Crippen molar-refractivity contribution in [2.75, 3.05) is 0 Å². The number of hydrogen-bond donors (Lipinski definition) is 2. The number of amides is 1. The molecule has 26 heavy (non-hydrogen) atoms. The summed E-state index contributed by atoms with van der Waals surface area (Å²) < 4.78 is 29.3. The van der Waals surface area contributed by atoms with Gasteiger partial charge in [0.15, 0.2) is 0 Å². The zero-order valence-electron chi connectivity index (χ0n) is 14.2. The van der Waals surface area contributed by atoms with E-state index in [1.165, 1.54) is 17.0 Å². The minimum Gasteiger partial charge on any atom is -0.434 e. The first-order valence-corrected chi connectivity index (χ1v) is 8.48. The van der Waals surface area contributed by atoms with E-state index in [2.05, 4.69) is 21.1 Å². The molecule has 3 aromatic rings. The Morgan fingerprint density at radius 3 is 2.69 bits per heavy atom. The Bertz CT molecular complexity index is 877. The molecule has 1 amide bonds. The van der Waals surface area contributed by atoms with E-state index in [1.807, 2.05) is 24.4 Å². The van der Waals surface area contributed by atoms with Crippen molar-refractivity contribution in [2.45, 2.75) is 32.4 Å². The lowest BCUT2D eigenvalue weighted by molar-refractivity contribution is -0.121. The third kappa shape index (κ3) is 4.59. The van der Waals surface area contributed by atoms with Crippen LogP contribution >= 0.6 is 0 Å². The molecular weight excluding hydrogens is 338 g/mol. The van der Waals surface area contributed by atoms with E-state index in [1.54, 1.807) is 18.2 Å². The minimum absolute atomic E-state index is 0.0848. The van der Waals surface area contributed by atoms with Gasteiger partial charge in [0.2, 0.25) is 5.91 Å². The molecule has 0 aliphatic rings. The number of aromatic amines is 1. The predicted octanol–water partition coefficient (Wildman–Crippen LogP) is 4.41. The van der Waals surface area contributed by atoms with E-state index in [0.29, 0.717) is 18.4 Å². The Morgan fingerprint density at radius 2 is 1.85 bits per heavy atom. The lowest BCUT2D eigenvalue weighted by Crippen LogP contribution is -2.23. The maximum Gasteiger partial charge on any atom is 0.387 e. The molecule has 4 nitrogen and oxygen atoms in total. The number of carbonyl (C=O) groups excluding carboxylic acids is 1. The molecular formula is C20H20F2N2O2. The number of aryl methyl sites for hydroxylation is 1. The molecule has 0 saturated carbocycles. The van der Waals surface area contributed by atoms with Gasteiger partial charge in [-0.05, 0) is 30.5 Å². The van der Waals surface area contributed by atoms with Crippen LogP contribution in [0.2, 0.25) is 0 Å². The number of H-pyrrole nitrogens is 1. The minimum atomic E-state index is -2.89. The van der Waals surface area contributed by atoms with E-state index in [-0.39, 0.29) is 18.2 Å². The molecule has 0 spiro atoms. The molecule has 0 atom stereocenters. The first-order chi connectivity index (χ1) is 12.6. The number of hydrogen-bond acceptors (Lipinski definition) is 2. The average molecular weight is 358 g/mol. The van der Waals surface area contributed by atoms with Crippen LogP contribution in [0.4, 0.5) is 8.78 Å². The van der Waals surface area contributed by atoms with Gasteiger partial charge in [0.25, 0.3) is 0 Å². The van der Waals surface area contributed by atoms with Crippen LogP contribution in [0.3, 0.4) is 0 Å². The van der Waals surface area contributed by atoms with Gasteiger partial charge < -0.3 is 15.0 Å². The number of fused-ring (bicyclic) bond motifs is 1. The molecule has 0 aliphatic carbocycles. The number of carbonyl (C=O) groups is 1. The number of para-hydroxylation sites is 2. The molecule has 0 unspecified atom stereocenters. The van der Waals surface area contributed by atoms with Crippen LogP contribution in [0.1, 0.15) is 24.0 Å². The van der Waals surface area contributed by atoms with E-state index >= 15 is 0 Å². The highest BCUT2D eigenvalue weighted by molar-refractivity contribution is 5.83. The highest BCUT2D eigenvalue weighted by atomic mass is 19.3. The summed E-state index contributed by atoms with van der Waals surface area (Å²) in [6, 6.07) is 14.5. The van der Waals surface area contributed by atoms with Gasteiger partial charge in [-0.2, -0.15) is 8.78 Å². The first kappa shape index (κ1) is 17.9. The molecule has 3 rings (SSSR count). The standard InChI is InChI=1S/C20H20F2N2O2/c21-20(22)26-18-10-4-1-6-15(18)13-24-19(25)11-5-7-14-12-23-17-9-3-2-8-16(14)17/h1-4,6,8-10,12,20,23H,5,7,11,13H2,(H,24,25). The topological polar surface area (TPSA) is 54.1 Å². The molecule has 0 fully saturated rings. The average Bonchev–Trinajstić information content (AvgIpc) is 3.04. The highest BCUT2D eigenvalue weighted by Crippen LogP contribution is 2.21. The van der Waals surface area contributed by atoms with Gasteiger partial charge in [-0.25, -0.2) is 0 Å². The maximum atomic E-state index is 12.4. The van der Waals surface area contributed by atoms with Crippen molar-refractivity contribution in [3.05, 3.63) is 65.9 Å². The number of halogens is 2. The van der Waals surface area contributed by atoms with Crippen LogP contribution in [-0.2, 0) is 17.8 Å². The molecule has 0 bridgehead atoms. The van der Waals surface area contributed by atoms with E-state index in [0.717, 1.165) is 11.9 Å². The van der Waals surface area contributed by atoms with Gasteiger partial charge >= 0.3 is 6.61 Å². The summed E-state index contributed by atoms with van der Waals surface area (Å²) in [4.78, 5) is 15.3. The zero-order chi connectivity index (χ0) is 18.4. The smallest absolute Gasteiger partial charge is 0.387 e. The fraction of sp³-hybridized carbons (Fsp3) is 0.250. The van der Waals surface area contributed by atoms with Gasteiger partial charge in [-0.3, -0.25) is 4.79 Å². The predicted molar refractivity (Wildman–Crippen MR) is 96.2 cm³/mol. The number of ether oxygens (including phenoxy) is 1.